The van der Waals surface area contributed by atoms with E-state index in [2.05, 4.69) is 10.4 Å². The van der Waals surface area contributed by atoms with E-state index in [1.165, 1.54) is 0 Å². The number of aryl methyl sites for hydroxylation is 2. The summed E-state index contributed by atoms with van der Waals surface area (Å²) in [6, 6.07) is 7.19. The smallest absolute Gasteiger partial charge is 0.266 e. The molecule has 0 saturated carbocycles. The number of amides is 1. The molecular formula is C14H14ClN3O2. The Morgan fingerprint density at radius 1 is 1.50 bits per heavy atom. The number of rotatable bonds is 2. The molecule has 0 radical (unpaired) electrons. The van der Waals surface area contributed by atoms with E-state index in [4.69, 9.17) is 16.3 Å². The van der Waals surface area contributed by atoms with Gasteiger partial charge in [0, 0.05) is 24.6 Å². The van der Waals surface area contributed by atoms with Gasteiger partial charge in [-0.05, 0) is 30.7 Å². The van der Waals surface area contributed by atoms with Gasteiger partial charge in [-0.1, -0.05) is 11.6 Å². The lowest BCUT2D eigenvalue weighted by Gasteiger charge is -2.11. The maximum atomic E-state index is 12.2. The molecule has 2 heterocycles. The van der Waals surface area contributed by atoms with Gasteiger partial charge >= 0.3 is 0 Å². The number of anilines is 1. The molecule has 0 aliphatic carbocycles. The first-order valence-electron chi connectivity index (χ1n) is 6.29. The lowest BCUT2D eigenvalue weighted by atomic mass is 10.1. The standard InChI is InChI=1S/C14H14ClN3O2/c1-8-5-13(18(2)17-8)16-14(19)12-7-9-6-10(15)3-4-11(9)20-12/h3-6,12H,7H2,1-2H3,(H,16,19)/t12-/m1/s1. The van der Waals surface area contributed by atoms with Crippen molar-refractivity contribution in [3.05, 3.63) is 40.5 Å². The number of fused-ring (bicyclic) bond motifs is 1. The minimum Gasteiger partial charge on any atom is -0.480 e. The lowest BCUT2D eigenvalue weighted by Crippen LogP contribution is -2.32. The van der Waals surface area contributed by atoms with Crippen molar-refractivity contribution in [1.82, 2.24) is 9.78 Å². The van der Waals surface area contributed by atoms with Crippen LogP contribution in [0.2, 0.25) is 5.02 Å². The van der Waals surface area contributed by atoms with E-state index in [9.17, 15) is 4.79 Å². The van der Waals surface area contributed by atoms with Crippen LogP contribution in [-0.4, -0.2) is 21.8 Å². The number of halogens is 1. The minimum atomic E-state index is -0.529. The third-order valence-electron chi connectivity index (χ3n) is 3.24. The molecular weight excluding hydrogens is 278 g/mol. The van der Waals surface area contributed by atoms with Gasteiger partial charge in [-0.15, -0.1) is 0 Å². The Morgan fingerprint density at radius 3 is 3.00 bits per heavy atom. The second-order valence-electron chi connectivity index (χ2n) is 4.85. The van der Waals surface area contributed by atoms with Crippen molar-refractivity contribution >= 4 is 23.3 Å². The van der Waals surface area contributed by atoms with Gasteiger partial charge in [0.15, 0.2) is 6.10 Å². The zero-order valence-corrected chi connectivity index (χ0v) is 11.9. The summed E-state index contributed by atoms with van der Waals surface area (Å²) in [6.45, 7) is 1.87. The number of hydrogen-bond donors (Lipinski definition) is 1. The van der Waals surface area contributed by atoms with Crippen molar-refractivity contribution in [3.63, 3.8) is 0 Å². The fraction of sp³-hybridized carbons (Fsp3) is 0.286. The highest BCUT2D eigenvalue weighted by molar-refractivity contribution is 6.30. The van der Waals surface area contributed by atoms with Gasteiger partial charge < -0.3 is 10.1 Å². The first-order chi connectivity index (χ1) is 9.52. The van der Waals surface area contributed by atoms with E-state index in [-0.39, 0.29) is 5.91 Å². The van der Waals surface area contributed by atoms with Gasteiger partial charge in [-0.3, -0.25) is 9.48 Å². The van der Waals surface area contributed by atoms with Crippen LogP contribution in [0.4, 0.5) is 5.82 Å². The third kappa shape index (κ3) is 2.36. The highest BCUT2D eigenvalue weighted by Gasteiger charge is 2.29. The van der Waals surface area contributed by atoms with Gasteiger partial charge in [-0.2, -0.15) is 5.10 Å². The molecule has 3 rings (SSSR count). The van der Waals surface area contributed by atoms with Crippen molar-refractivity contribution < 1.29 is 9.53 Å². The molecule has 5 nitrogen and oxygen atoms in total. The molecule has 1 amide bonds. The van der Waals surface area contributed by atoms with Gasteiger partial charge in [0.05, 0.1) is 5.69 Å². The van der Waals surface area contributed by atoms with E-state index in [0.717, 1.165) is 17.0 Å². The maximum Gasteiger partial charge on any atom is 0.266 e. The highest BCUT2D eigenvalue weighted by Crippen LogP contribution is 2.31. The lowest BCUT2D eigenvalue weighted by molar-refractivity contribution is -0.122. The molecule has 1 atom stereocenters. The Labute approximate surface area is 121 Å². The SMILES string of the molecule is Cc1cc(NC(=O)[C@H]2Cc3cc(Cl)ccc3O2)n(C)n1. The summed E-state index contributed by atoms with van der Waals surface area (Å²) in [5.41, 5.74) is 1.81. The largest absolute Gasteiger partial charge is 0.480 e. The topological polar surface area (TPSA) is 56.1 Å². The molecule has 1 aliphatic rings. The van der Waals surface area contributed by atoms with Crippen molar-refractivity contribution in [2.75, 3.05) is 5.32 Å². The van der Waals surface area contributed by atoms with Crippen molar-refractivity contribution in [3.8, 4) is 5.75 Å². The quantitative estimate of drug-likeness (QED) is 0.924. The second kappa shape index (κ2) is 4.83. The predicted octanol–water partition coefficient (Wildman–Crippen LogP) is 2.32. The van der Waals surface area contributed by atoms with Crippen molar-refractivity contribution in [1.29, 1.82) is 0 Å². The number of aromatic nitrogens is 2. The number of nitrogens with zero attached hydrogens (tertiary/aromatic N) is 2. The molecule has 2 aromatic rings. The first kappa shape index (κ1) is 13.0. The Balaban J connectivity index is 1.73. The van der Waals surface area contributed by atoms with E-state index >= 15 is 0 Å². The molecule has 6 heteroatoms. The summed E-state index contributed by atoms with van der Waals surface area (Å²) in [4.78, 5) is 12.2. The summed E-state index contributed by atoms with van der Waals surface area (Å²) in [6.07, 6.45) is -0.00266. The molecule has 1 aromatic carbocycles. The zero-order valence-electron chi connectivity index (χ0n) is 11.2. The monoisotopic (exact) mass is 291 g/mol. The van der Waals surface area contributed by atoms with Crippen LogP contribution in [0.5, 0.6) is 5.75 Å². The zero-order chi connectivity index (χ0) is 14.3. The van der Waals surface area contributed by atoms with Crippen LogP contribution in [-0.2, 0) is 18.3 Å². The number of ether oxygens (including phenoxy) is 1. The van der Waals surface area contributed by atoms with Crippen LogP contribution >= 0.6 is 11.6 Å². The number of carbonyl (C=O) groups is 1. The van der Waals surface area contributed by atoms with Gasteiger partial charge in [-0.25, -0.2) is 0 Å². The fourth-order valence-corrected chi connectivity index (χ4v) is 2.49. The predicted molar refractivity (Wildman–Crippen MR) is 76.1 cm³/mol. The third-order valence-corrected chi connectivity index (χ3v) is 3.48. The number of hydrogen-bond acceptors (Lipinski definition) is 3. The van der Waals surface area contributed by atoms with Crippen LogP contribution in [0.25, 0.3) is 0 Å². The molecule has 1 N–H and O–H groups in total. The van der Waals surface area contributed by atoms with Crippen LogP contribution in [0, 0.1) is 6.92 Å². The molecule has 0 saturated heterocycles. The van der Waals surface area contributed by atoms with E-state index < -0.39 is 6.10 Å². The molecule has 0 bridgehead atoms. The van der Waals surface area contributed by atoms with Crippen molar-refractivity contribution in [2.45, 2.75) is 19.4 Å². The van der Waals surface area contributed by atoms with Crippen molar-refractivity contribution in [2.24, 2.45) is 7.05 Å². The molecule has 0 fully saturated rings. The Kier molecular flexibility index (Phi) is 3.14. The molecule has 1 aromatic heterocycles. The van der Waals surface area contributed by atoms with E-state index in [0.29, 0.717) is 17.3 Å². The van der Waals surface area contributed by atoms with Crippen LogP contribution < -0.4 is 10.1 Å². The maximum absolute atomic E-state index is 12.2. The second-order valence-corrected chi connectivity index (χ2v) is 5.28. The Morgan fingerprint density at radius 2 is 2.30 bits per heavy atom. The Hall–Kier alpha value is -2.01. The summed E-state index contributed by atoms with van der Waals surface area (Å²) >= 11 is 5.94. The average molecular weight is 292 g/mol. The Bertz CT molecular complexity index is 681. The van der Waals surface area contributed by atoms with E-state index in [1.54, 1.807) is 23.9 Å². The van der Waals surface area contributed by atoms with Gasteiger partial charge in [0.1, 0.15) is 11.6 Å². The molecule has 20 heavy (non-hydrogen) atoms. The summed E-state index contributed by atoms with van der Waals surface area (Å²) in [7, 11) is 1.78. The summed E-state index contributed by atoms with van der Waals surface area (Å²) < 4.78 is 7.27. The number of carbonyl (C=O) groups excluding carboxylic acids is 1. The number of benzene rings is 1. The normalized spacial score (nSPS) is 16.6. The van der Waals surface area contributed by atoms with Gasteiger partial charge in [0.2, 0.25) is 0 Å². The van der Waals surface area contributed by atoms with Gasteiger partial charge in [0.25, 0.3) is 5.91 Å². The molecule has 0 unspecified atom stereocenters. The molecule has 1 aliphatic heterocycles. The molecule has 0 spiro atoms. The average Bonchev–Trinajstić information content (AvgIpc) is 2.92. The summed E-state index contributed by atoms with van der Waals surface area (Å²) in [5.74, 6) is 1.20. The van der Waals surface area contributed by atoms with Crippen LogP contribution in [0.15, 0.2) is 24.3 Å². The molecule has 104 valence electrons. The number of nitrogens with one attached hydrogen (secondary N) is 1. The minimum absolute atomic E-state index is 0.180. The first-order valence-corrected chi connectivity index (χ1v) is 6.67. The van der Waals surface area contributed by atoms with Crippen LogP contribution in [0.1, 0.15) is 11.3 Å². The fourth-order valence-electron chi connectivity index (χ4n) is 2.30. The van der Waals surface area contributed by atoms with Crippen LogP contribution in [0.3, 0.4) is 0 Å². The highest BCUT2D eigenvalue weighted by atomic mass is 35.5. The van der Waals surface area contributed by atoms with E-state index in [1.807, 2.05) is 19.1 Å². The summed E-state index contributed by atoms with van der Waals surface area (Å²) in [5, 5.41) is 7.66.